The van der Waals surface area contributed by atoms with Gasteiger partial charge < -0.3 is 19.7 Å². The maximum atomic E-state index is 11.6. The van der Waals surface area contributed by atoms with E-state index in [0.29, 0.717) is 11.3 Å². The van der Waals surface area contributed by atoms with Crippen molar-refractivity contribution in [2.75, 3.05) is 7.11 Å². The predicted octanol–water partition coefficient (Wildman–Crippen LogP) is 1.96. The Hall–Kier alpha value is -2.08. The lowest BCUT2D eigenvalue weighted by molar-refractivity contribution is -0.199. The first-order valence-corrected chi connectivity index (χ1v) is 6.40. The third-order valence-corrected chi connectivity index (χ3v) is 2.76. The lowest BCUT2D eigenvalue weighted by Crippen LogP contribution is -2.54. The van der Waals surface area contributed by atoms with Gasteiger partial charge >= 0.3 is 11.9 Å². The number of benzene rings is 1. The van der Waals surface area contributed by atoms with E-state index >= 15 is 0 Å². The van der Waals surface area contributed by atoms with Crippen molar-refractivity contribution in [1.82, 2.24) is 0 Å². The molecule has 0 amide bonds. The molecule has 0 atom stereocenters. The second kappa shape index (κ2) is 6.13. The summed E-state index contributed by atoms with van der Waals surface area (Å²) in [6.07, 6.45) is -0.299. The molecule has 21 heavy (non-hydrogen) atoms. The predicted molar refractivity (Wildman–Crippen MR) is 75.5 cm³/mol. The van der Waals surface area contributed by atoms with E-state index < -0.39 is 23.1 Å². The molecular formula is C15H20O6. The van der Waals surface area contributed by atoms with Crippen molar-refractivity contribution in [1.29, 1.82) is 0 Å². The molecule has 0 bridgehead atoms. The van der Waals surface area contributed by atoms with Gasteiger partial charge in [0.2, 0.25) is 0 Å². The van der Waals surface area contributed by atoms with Gasteiger partial charge in [0.05, 0.1) is 12.7 Å². The summed E-state index contributed by atoms with van der Waals surface area (Å²) >= 11 is 0. The first-order chi connectivity index (χ1) is 9.60. The quantitative estimate of drug-likeness (QED) is 0.779. The number of aliphatic carboxylic acids is 2. The van der Waals surface area contributed by atoms with Crippen LogP contribution < -0.4 is 4.74 Å². The fourth-order valence-electron chi connectivity index (χ4n) is 1.96. The van der Waals surface area contributed by atoms with Crippen LogP contribution in [0.5, 0.6) is 5.75 Å². The lowest BCUT2D eigenvalue weighted by atomic mass is 9.93. The Morgan fingerprint density at radius 3 is 2.14 bits per heavy atom. The zero-order valence-electron chi connectivity index (χ0n) is 12.5. The Kier molecular flexibility index (Phi) is 4.96. The number of carboxylic acid groups (broad SMARTS) is 2. The molecule has 0 saturated carbocycles. The van der Waals surface area contributed by atoms with Crippen LogP contribution in [0.25, 0.3) is 0 Å². The summed E-state index contributed by atoms with van der Waals surface area (Å²) in [6.45, 7) is 4.83. The molecule has 6 heteroatoms. The van der Waals surface area contributed by atoms with Crippen LogP contribution in [0.1, 0.15) is 26.3 Å². The second-order valence-electron chi connectivity index (χ2n) is 5.68. The number of hydrogen-bond acceptors (Lipinski definition) is 4. The number of ether oxygens (including phenoxy) is 2. The van der Waals surface area contributed by atoms with E-state index in [-0.39, 0.29) is 6.42 Å². The summed E-state index contributed by atoms with van der Waals surface area (Å²) in [6, 6.07) is 6.58. The van der Waals surface area contributed by atoms with Crippen LogP contribution in [0.2, 0.25) is 0 Å². The van der Waals surface area contributed by atoms with Crippen molar-refractivity contribution in [2.45, 2.75) is 38.4 Å². The minimum atomic E-state index is -2.34. The minimum Gasteiger partial charge on any atom is -0.497 e. The standard InChI is InChI=1S/C15H20O6/c1-14(2,3)21-15(12(16)17,13(18)19)9-10-6-5-7-11(8-10)20-4/h5-8H,9H2,1-4H3,(H,16,17)(H,18,19). The van der Waals surface area contributed by atoms with Crippen LogP contribution in [-0.4, -0.2) is 40.5 Å². The maximum Gasteiger partial charge on any atom is 0.348 e. The first-order valence-electron chi connectivity index (χ1n) is 6.40. The van der Waals surface area contributed by atoms with E-state index in [1.54, 1.807) is 45.0 Å². The Morgan fingerprint density at radius 2 is 1.71 bits per heavy atom. The van der Waals surface area contributed by atoms with Gasteiger partial charge in [-0.15, -0.1) is 0 Å². The highest BCUT2D eigenvalue weighted by atomic mass is 16.6. The molecule has 1 rings (SSSR count). The molecule has 0 spiro atoms. The number of methoxy groups -OCH3 is 1. The Balaban J connectivity index is 3.23. The van der Waals surface area contributed by atoms with E-state index in [2.05, 4.69) is 0 Å². The number of rotatable bonds is 6. The molecule has 0 saturated heterocycles. The zero-order chi connectivity index (χ0) is 16.3. The molecule has 1 aromatic rings. The van der Waals surface area contributed by atoms with Crippen molar-refractivity contribution in [3.8, 4) is 5.75 Å². The largest absolute Gasteiger partial charge is 0.497 e. The minimum absolute atomic E-state index is 0.299. The lowest BCUT2D eigenvalue weighted by Gasteiger charge is -2.33. The maximum absolute atomic E-state index is 11.6. The average molecular weight is 296 g/mol. The van der Waals surface area contributed by atoms with Crippen LogP contribution in [-0.2, 0) is 20.7 Å². The van der Waals surface area contributed by atoms with Gasteiger partial charge in [-0.25, -0.2) is 9.59 Å². The first kappa shape index (κ1) is 17.0. The number of carbonyl (C=O) groups is 2. The highest BCUT2D eigenvalue weighted by Crippen LogP contribution is 2.27. The Labute approximate surface area is 123 Å². The summed E-state index contributed by atoms with van der Waals surface area (Å²) in [5.41, 5.74) is -2.76. The third-order valence-electron chi connectivity index (χ3n) is 2.76. The molecule has 0 aliphatic carbocycles. The fraction of sp³-hybridized carbons (Fsp3) is 0.467. The zero-order valence-corrected chi connectivity index (χ0v) is 12.5. The van der Waals surface area contributed by atoms with E-state index in [4.69, 9.17) is 9.47 Å². The summed E-state index contributed by atoms with van der Waals surface area (Å²) in [7, 11) is 1.48. The van der Waals surface area contributed by atoms with Gasteiger partial charge in [0.25, 0.3) is 5.60 Å². The topological polar surface area (TPSA) is 93.1 Å². The molecule has 0 heterocycles. The summed E-state index contributed by atoms with van der Waals surface area (Å²) < 4.78 is 10.4. The van der Waals surface area contributed by atoms with Crippen molar-refractivity contribution in [2.24, 2.45) is 0 Å². The van der Waals surface area contributed by atoms with Gasteiger partial charge in [0.15, 0.2) is 0 Å². The van der Waals surface area contributed by atoms with E-state index in [9.17, 15) is 19.8 Å². The van der Waals surface area contributed by atoms with Gasteiger partial charge in [0.1, 0.15) is 5.75 Å². The third kappa shape index (κ3) is 4.19. The van der Waals surface area contributed by atoms with Gasteiger partial charge in [-0.05, 0) is 38.5 Å². The van der Waals surface area contributed by atoms with Crippen LogP contribution >= 0.6 is 0 Å². The normalized spacial score (nSPS) is 12.0. The summed E-state index contributed by atoms with van der Waals surface area (Å²) in [4.78, 5) is 23.1. The van der Waals surface area contributed by atoms with Crippen molar-refractivity contribution in [3.05, 3.63) is 29.8 Å². The van der Waals surface area contributed by atoms with Crippen LogP contribution in [0.15, 0.2) is 24.3 Å². The molecule has 0 unspecified atom stereocenters. The Morgan fingerprint density at radius 1 is 1.14 bits per heavy atom. The van der Waals surface area contributed by atoms with Gasteiger partial charge in [0, 0.05) is 6.42 Å². The molecule has 1 aromatic carbocycles. The van der Waals surface area contributed by atoms with Gasteiger partial charge in [-0.3, -0.25) is 0 Å². The average Bonchev–Trinajstić information content (AvgIpc) is 2.36. The van der Waals surface area contributed by atoms with E-state index in [1.165, 1.54) is 7.11 Å². The van der Waals surface area contributed by atoms with E-state index in [0.717, 1.165) is 0 Å². The second-order valence-corrected chi connectivity index (χ2v) is 5.68. The van der Waals surface area contributed by atoms with E-state index in [1.807, 2.05) is 0 Å². The van der Waals surface area contributed by atoms with Crippen molar-refractivity contribution in [3.63, 3.8) is 0 Å². The molecule has 0 aromatic heterocycles. The number of hydrogen-bond donors (Lipinski definition) is 2. The van der Waals surface area contributed by atoms with Crippen LogP contribution in [0.4, 0.5) is 0 Å². The molecule has 0 aliphatic rings. The van der Waals surface area contributed by atoms with Crippen LogP contribution in [0, 0.1) is 0 Å². The molecular weight excluding hydrogens is 276 g/mol. The van der Waals surface area contributed by atoms with Crippen molar-refractivity contribution < 1.29 is 29.3 Å². The monoisotopic (exact) mass is 296 g/mol. The Bertz CT molecular complexity index is 515. The molecule has 0 radical (unpaired) electrons. The SMILES string of the molecule is COc1cccc(CC(OC(C)(C)C)(C(=O)O)C(=O)O)c1. The van der Waals surface area contributed by atoms with Gasteiger partial charge in [-0.1, -0.05) is 12.1 Å². The molecule has 6 nitrogen and oxygen atoms in total. The van der Waals surface area contributed by atoms with Gasteiger partial charge in [-0.2, -0.15) is 0 Å². The smallest absolute Gasteiger partial charge is 0.348 e. The fourth-order valence-corrected chi connectivity index (χ4v) is 1.96. The van der Waals surface area contributed by atoms with Crippen molar-refractivity contribution >= 4 is 11.9 Å². The molecule has 2 N–H and O–H groups in total. The summed E-state index contributed by atoms with van der Waals surface area (Å²) in [5.74, 6) is -2.55. The molecule has 0 aliphatic heterocycles. The molecule has 0 fully saturated rings. The highest BCUT2D eigenvalue weighted by Gasteiger charge is 2.50. The molecule has 116 valence electrons. The highest BCUT2D eigenvalue weighted by molar-refractivity contribution is 6.02. The number of carboxylic acids is 2. The van der Waals surface area contributed by atoms with Crippen LogP contribution in [0.3, 0.4) is 0 Å². The summed E-state index contributed by atoms with van der Waals surface area (Å²) in [5, 5.41) is 18.8.